The van der Waals surface area contributed by atoms with Crippen LogP contribution in [0.25, 0.3) is 0 Å². The zero-order chi connectivity index (χ0) is 14.5. The lowest BCUT2D eigenvalue weighted by molar-refractivity contribution is -0.142. The highest BCUT2D eigenvalue weighted by Crippen LogP contribution is 2.18. The van der Waals surface area contributed by atoms with E-state index < -0.39 is 18.6 Å². The van der Waals surface area contributed by atoms with Gasteiger partial charge in [-0.3, -0.25) is 9.48 Å². The zero-order valence-corrected chi connectivity index (χ0v) is 10.3. The number of ether oxygens (including phenoxy) is 1. The van der Waals surface area contributed by atoms with Crippen LogP contribution < -0.4 is 11.1 Å². The van der Waals surface area contributed by atoms with E-state index in [4.69, 9.17) is 10.5 Å². The van der Waals surface area contributed by atoms with Gasteiger partial charge in [0.2, 0.25) is 0 Å². The molecule has 1 rings (SSSR count). The molecule has 0 aliphatic carbocycles. The van der Waals surface area contributed by atoms with Gasteiger partial charge in [0.1, 0.15) is 12.1 Å². The first-order valence-corrected chi connectivity index (χ1v) is 5.50. The Labute approximate surface area is 107 Å². The fourth-order valence-electron chi connectivity index (χ4n) is 1.39. The summed E-state index contributed by atoms with van der Waals surface area (Å²) in [5, 5.41) is 5.97. The van der Waals surface area contributed by atoms with Crippen LogP contribution in [0.1, 0.15) is 16.8 Å². The number of alkyl halides is 3. The second kappa shape index (κ2) is 6.41. The highest BCUT2D eigenvalue weighted by molar-refractivity contribution is 5.98. The normalized spacial score (nSPS) is 11.6. The summed E-state index contributed by atoms with van der Waals surface area (Å²) in [4.78, 5) is 11.6. The maximum absolute atomic E-state index is 12.2. The number of nitrogens with two attached hydrogens (primary N) is 1. The van der Waals surface area contributed by atoms with Crippen LogP contribution in [0.4, 0.5) is 19.0 Å². The van der Waals surface area contributed by atoms with Gasteiger partial charge in [-0.2, -0.15) is 18.3 Å². The van der Waals surface area contributed by atoms with Crippen LogP contribution in [0.3, 0.4) is 0 Å². The average molecular weight is 280 g/mol. The van der Waals surface area contributed by atoms with Crippen molar-refractivity contribution in [3.05, 3.63) is 11.8 Å². The van der Waals surface area contributed by atoms with Crippen LogP contribution in [0.2, 0.25) is 0 Å². The van der Waals surface area contributed by atoms with Gasteiger partial charge in [0, 0.05) is 26.5 Å². The summed E-state index contributed by atoms with van der Waals surface area (Å²) in [5.74, 6) is -0.782. The minimum absolute atomic E-state index is 0.0679. The third kappa shape index (κ3) is 5.16. The summed E-state index contributed by atoms with van der Waals surface area (Å²) in [6, 6.07) is 0. The molecule has 19 heavy (non-hydrogen) atoms. The lowest BCUT2D eigenvalue weighted by atomic mass is 10.3. The quantitative estimate of drug-likeness (QED) is 0.755. The highest BCUT2D eigenvalue weighted by Gasteiger charge is 2.29. The first kappa shape index (κ1) is 15.3. The van der Waals surface area contributed by atoms with Gasteiger partial charge in [0.05, 0.1) is 0 Å². The molecule has 1 aromatic rings. The number of hydrogen-bond donors (Lipinski definition) is 2. The first-order valence-electron chi connectivity index (χ1n) is 5.50. The maximum atomic E-state index is 12.2. The number of carbonyl (C=O) groups excluding carboxylic acids is 1. The standard InChI is InChI=1S/C10H15F3N4O2/c1-19-4-2-3-15-9(18)7-5-17(16-8(7)14)6-10(11,12)13/h5H,2-4,6H2,1H3,(H2,14,16)(H,15,18). The molecule has 3 N–H and O–H groups in total. The summed E-state index contributed by atoms with van der Waals surface area (Å²) in [5.41, 5.74) is 5.34. The summed E-state index contributed by atoms with van der Waals surface area (Å²) in [7, 11) is 1.53. The zero-order valence-electron chi connectivity index (χ0n) is 10.3. The molecule has 1 amide bonds. The van der Waals surface area contributed by atoms with E-state index in [9.17, 15) is 18.0 Å². The van der Waals surface area contributed by atoms with E-state index in [1.807, 2.05) is 0 Å². The molecule has 0 aliphatic rings. The van der Waals surface area contributed by atoms with Crippen molar-refractivity contribution in [2.75, 3.05) is 26.0 Å². The molecule has 0 saturated carbocycles. The molecule has 0 unspecified atom stereocenters. The van der Waals surface area contributed by atoms with Gasteiger partial charge in [-0.05, 0) is 6.42 Å². The second-order valence-electron chi connectivity index (χ2n) is 3.84. The number of halogens is 3. The lowest BCUT2D eigenvalue weighted by Gasteiger charge is -2.05. The maximum Gasteiger partial charge on any atom is 0.408 e. The summed E-state index contributed by atoms with van der Waals surface area (Å²) < 4.78 is 41.9. The predicted molar refractivity (Wildman–Crippen MR) is 61.5 cm³/mol. The fourth-order valence-corrected chi connectivity index (χ4v) is 1.39. The first-order chi connectivity index (χ1) is 8.83. The number of rotatable bonds is 6. The SMILES string of the molecule is COCCCNC(=O)c1cn(CC(F)(F)F)nc1N. The molecule has 1 aromatic heterocycles. The number of aromatic nitrogens is 2. The van der Waals surface area contributed by atoms with Gasteiger partial charge < -0.3 is 15.8 Å². The molecule has 108 valence electrons. The van der Waals surface area contributed by atoms with Crippen LogP contribution in [-0.2, 0) is 11.3 Å². The largest absolute Gasteiger partial charge is 0.408 e. The van der Waals surface area contributed by atoms with Gasteiger partial charge in [0.25, 0.3) is 5.91 Å². The Balaban J connectivity index is 2.60. The molecule has 0 aromatic carbocycles. The molecule has 1 heterocycles. The van der Waals surface area contributed by atoms with E-state index >= 15 is 0 Å². The lowest BCUT2D eigenvalue weighted by Crippen LogP contribution is -2.25. The molecule has 6 nitrogen and oxygen atoms in total. The third-order valence-corrected chi connectivity index (χ3v) is 2.19. The molecule has 0 aliphatic heterocycles. The summed E-state index contributed by atoms with van der Waals surface area (Å²) in [6.07, 6.45) is -2.84. The number of nitrogen functional groups attached to an aromatic ring is 1. The number of hydrogen-bond acceptors (Lipinski definition) is 4. The van der Waals surface area contributed by atoms with E-state index in [2.05, 4.69) is 10.4 Å². The number of nitrogens with one attached hydrogen (secondary N) is 1. The van der Waals surface area contributed by atoms with E-state index in [0.717, 1.165) is 6.20 Å². The van der Waals surface area contributed by atoms with Crippen molar-refractivity contribution in [2.45, 2.75) is 19.1 Å². The average Bonchev–Trinajstić information content (AvgIpc) is 2.63. The molecular formula is C10H15F3N4O2. The van der Waals surface area contributed by atoms with Crippen molar-refractivity contribution in [3.8, 4) is 0 Å². The minimum Gasteiger partial charge on any atom is -0.385 e. The number of nitrogens with zero attached hydrogens (tertiary/aromatic N) is 2. The Morgan fingerprint density at radius 3 is 2.84 bits per heavy atom. The second-order valence-corrected chi connectivity index (χ2v) is 3.84. The molecule has 0 atom stereocenters. The minimum atomic E-state index is -4.41. The van der Waals surface area contributed by atoms with Gasteiger partial charge in [-0.15, -0.1) is 0 Å². The van der Waals surface area contributed by atoms with Crippen molar-refractivity contribution in [3.63, 3.8) is 0 Å². The number of carbonyl (C=O) groups is 1. The van der Waals surface area contributed by atoms with Crippen LogP contribution >= 0.6 is 0 Å². The van der Waals surface area contributed by atoms with E-state index in [0.29, 0.717) is 24.3 Å². The van der Waals surface area contributed by atoms with Gasteiger partial charge in [-0.25, -0.2) is 0 Å². The van der Waals surface area contributed by atoms with Crippen molar-refractivity contribution in [2.24, 2.45) is 0 Å². The molecule has 0 spiro atoms. The van der Waals surface area contributed by atoms with Gasteiger partial charge >= 0.3 is 6.18 Å². The predicted octanol–water partition coefficient (Wildman–Crippen LogP) is 0.794. The molecule has 9 heteroatoms. The highest BCUT2D eigenvalue weighted by atomic mass is 19.4. The smallest absolute Gasteiger partial charge is 0.385 e. The monoisotopic (exact) mass is 280 g/mol. The molecular weight excluding hydrogens is 265 g/mol. The number of amides is 1. The molecule has 0 radical (unpaired) electrons. The summed E-state index contributed by atoms with van der Waals surface area (Å²) >= 11 is 0. The Kier molecular flexibility index (Phi) is 5.16. The Bertz CT molecular complexity index is 431. The van der Waals surface area contributed by atoms with E-state index in [-0.39, 0.29) is 11.4 Å². The van der Waals surface area contributed by atoms with Crippen molar-refractivity contribution >= 4 is 11.7 Å². The molecule has 0 saturated heterocycles. The number of anilines is 1. The topological polar surface area (TPSA) is 82.2 Å². The van der Waals surface area contributed by atoms with Crippen molar-refractivity contribution < 1.29 is 22.7 Å². The van der Waals surface area contributed by atoms with Gasteiger partial charge in [0.15, 0.2) is 5.82 Å². The summed E-state index contributed by atoms with van der Waals surface area (Å²) in [6.45, 7) is -0.464. The van der Waals surface area contributed by atoms with Gasteiger partial charge in [-0.1, -0.05) is 0 Å². The number of methoxy groups -OCH3 is 1. The van der Waals surface area contributed by atoms with Crippen LogP contribution in [-0.4, -0.2) is 42.1 Å². The Morgan fingerprint density at radius 1 is 1.58 bits per heavy atom. The van der Waals surface area contributed by atoms with Crippen molar-refractivity contribution in [1.29, 1.82) is 0 Å². The Hall–Kier alpha value is -1.77. The molecule has 0 fully saturated rings. The van der Waals surface area contributed by atoms with E-state index in [1.54, 1.807) is 0 Å². The fraction of sp³-hybridized carbons (Fsp3) is 0.600. The Morgan fingerprint density at radius 2 is 2.26 bits per heavy atom. The van der Waals surface area contributed by atoms with Crippen LogP contribution in [0.15, 0.2) is 6.20 Å². The third-order valence-electron chi connectivity index (χ3n) is 2.19. The molecule has 0 bridgehead atoms. The van der Waals surface area contributed by atoms with Crippen LogP contribution in [0, 0.1) is 0 Å². The van der Waals surface area contributed by atoms with E-state index in [1.165, 1.54) is 7.11 Å². The van der Waals surface area contributed by atoms with Crippen LogP contribution in [0.5, 0.6) is 0 Å². The van der Waals surface area contributed by atoms with Crippen molar-refractivity contribution in [1.82, 2.24) is 15.1 Å².